The molecule has 0 aromatic carbocycles. The Labute approximate surface area is 98.0 Å². The van der Waals surface area contributed by atoms with Crippen molar-refractivity contribution in [1.82, 2.24) is 4.31 Å². The maximum absolute atomic E-state index is 12.0. The fourth-order valence-corrected chi connectivity index (χ4v) is 3.77. The summed E-state index contributed by atoms with van der Waals surface area (Å²) in [4.78, 5) is 0. The van der Waals surface area contributed by atoms with E-state index in [4.69, 9.17) is 10.5 Å². The second-order valence-electron chi connectivity index (χ2n) is 4.79. The van der Waals surface area contributed by atoms with Crippen molar-refractivity contribution in [3.05, 3.63) is 0 Å². The zero-order valence-corrected chi connectivity index (χ0v) is 11.0. The van der Waals surface area contributed by atoms with Gasteiger partial charge in [0.2, 0.25) is 10.0 Å². The minimum Gasteiger partial charge on any atom is -0.371 e. The molecule has 0 amide bonds. The molecule has 0 bridgehead atoms. The highest BCUT2D eigenvalue weighted by Crippen LogP contribution is 2.16. The molecule has 1 heterocycles. The van der Waals surface area contributed by atoms with Crippen LogP contribution in [0.25, 0.3) is 0 Å². The van der Waals surface area contributed by atoms with Crippen molar-refractivity contribution in [2.75, 3.05) is 25.4 Å². The molecule has 6 heteroatoms. The van der Waals surface area contributed by atoms with E-state index in [1.807, 2.05) is 20.8 Å². The van der Waals surface area contributed by atoms with Crippen LogP contribution in [-0.2, 0) is 14.8 Å². The van der Waals surface area contributed by atoms with Crippen LogP contribution in [0.15, 0.2) is 0 Å². The summed E-state index contributed by atoms with van der Waals surface area (Å²) in [5, 5.41) is 0. The highest BCUT2D eigenvalue weighted by Gasteiger charge is 2.32. The number of rotatable bonds is 4. The van der Waals surface area contributed by atoms with Crippen molar-refractivity contribution in [1.29, 1.82) is 0 Å². The molecule has 2 N–H and O–H groups in total. The van der Waals surface area contributed by atoms with Crippen LogP contribution in [0.3, 0.4) is 0 Å². The van der Waals surface area contributed by atoms with Gasteiger partial charge in [0.15, 0.2) is 0 Å². The molecule has 1 aliphatic rings. The van der Waals surface area contributed by atoms with Gasteiger partial charge >= 0.3 is 0 Å². The molecule has 1 rings (SSSR count). The Morgan fingerprint density at radius 3 is 2.56 bits per heavy atom. The van der Waals surface area contributed by atoms with Crippen molar-refractivity contribution in [3.63, 3.8) is 0 Å². The third-order valence-corrected chi connectivity index (χ3v) is 4.67. The van der Waals surface area contributed by atoms with Gasteiger partial charge in [-0.05, 0) is 12.8 Å². The van der Waals surface area contributed by atoms with Gasteiger partial charge in [-0.1, -0.05) is 13.8 Å². The summed E-state index contributed by atoms with van der Waals surface area (Å²) in [6.07, 6.45) is -0.255. The molecule has 96 valence electrons. The first-order chi connectivity index (χ1) is 7.35. The third kappa shape index (κ3) is 3.69. The lowest BCUT2D eigenvalue weighted by molar-refractivity contribution is -0.0486. The summed E-state index contributed by atoms with van der Waals surface area (Å²) in [7, 11) is -3.16. The molecule has 0 spiro atoms. The molecule has 0 aliphatic carbocycles. The van der Waals surface area contributed by atoms with Crippen LogP contribution >= 0.6 is 0 Å². The maximum atomic E-state index is 12.0. The van der Waals surface area contributed by atoms with E-state index in [-0.39, 0.29) is 23.9 Å². The van der Waals surface area contributed by atoms with E-state index in [1.54, 1.807) is 0 Å². The molecular weight excluding hydrogens is 228 g/mol. The van der Waals surface area contributed by atoms with Gasteiger partial charge in [-0.15, -0.1) is 0 Å². The molecule has 16 heavy (non-hydrogen) atoms. The standard InChI is InChI=1S/C10H22N2O3S/c1-8(2)7-16(13,14)12-5-9(3)15-10(4-11)6-12/h8-10H,4-7,11H2,1-3H3. The van der Waals surface area contributed by atoms with Gasteiger partial charge in [0, 0.05) is 19.6 Å². The number of ether oxygens (including phenoxy) is 1. The Hall–Kier alpha value is -0.170. The van der Waals surface area contributed by atoms with Crippen molar-refractivity contribution in [2.24, 2.45) is 11.7 Å². The normalized spacial score (nSPS) is 28.6. The largest absolute Gasteiger partial charge is 0.371 e. The highest BCUT2D eigenvalue weighted by atomic mass is 32.2. The lowest BCUT2D eigenvalue weighted by Gasteiger charge is -2.35. The van der Waals surface area contributed by atoms with Gasteiger partial charge in [-0.25, -0.2) is 8.42 Å². The third-order valence-electron chi connectivity index (χ3n) is 2.49. The van der Waals surface area contributed by atoms with Gasteiger partial charge in [0.05, 0.1) is 18.0 Å². The quantitative estimate of drug-likeness (QED) is 0.763. The molecule has 0 saturated carbocycles. The van der Waals surface area contributed by atoms with Gasteiger partial charge in [0.1, 0.15) is 0 Å². The summed E-state index contributed by atoms with van der Waals surface area (Å²) in [6.45, 7) is 6.86. The van der Waals surface area contributed by atoms with E-state index in [9.17, 15) is 8.42 Å². The van der Waals surface area contributed by atoms with Crippen molar-refractivity contribution >= 4 is 10.0 Å². The van der Waals surface area contributed by atoms with E-state index in [0.717, 1.165) is 0 Å². The first-order valence-electron chi connectivity index (χ1n) is 5.68. The molecule has 1 saturated heterocycles. The Balaban J connectivity index is 2.71. The van der Waals surface area contributed by atoms with E-state index >= 15 is 0 Å². The van der Waals surface area contributed by atoms with Crippen molar-refractivity contribution in [3.8, 4) is 0 Å². The molecule has 1 fully saturated rings. The molecule has 2 atom stereocenters. The first-order valence-corrected chi connectivity index (χ1v) is 7.29. The van der Waals surface area contributed by atoms with E-state index in [1.165, 1.54) is 4.31 Å². The molecular formula is C10H22N2O3S. The first kappa shape index (κ1) is 13.9. The van der Waals surface area contributed by atoms with Gasteiger partial charge < -0.3 is 10.5 Å². The van der Waals surface area contributed by atoms with E-state index in [0.29, 0.717) is 19.6 Å². The lowest BCUT2D eigenvalue weighted by atomic mass is 10.2. The second-order valence-corrected chi connectivity index (χ2v) is 6.81. The summed E-state index contributed by atoms with van der Waals surface area (Å²) in [5.41, 5.74) is 5.53. The summed E-state index contributed by atoms with van der Waals surface area (Å²) in [5.74, 6) is 0.330. The van der Waals surface area contributed by atoms with Crippen LogP contribution in [0.2, 0.25) is 0 Å². The van der Waals surface area contributed by atoms with Crippen molar-refractivity contribution < 1.29 is 13.2 Å². The smallest absolute Gasteiger partial charge is 0.214 e. The zero-order chi connectivity index (χ0) is 12.3. The number of hydrogen-bond donors (Lipinski definition) is 1. The Bertz CT molecular complexity index is 316. The van der Waals surface area contributed by atoms with Crippen LogP contribution < -0.4 is 5.73 Å². The molecule has 0 radical (unpaired) electrons. The zero-order valence-electron chi connectivity index (χ0n) is 10.2. The molecule has 5 nitrogen and oxygen atoms in total. The maximum Gasteiger partial charge on any atom is 0.214 e. The van der Waals surface area contributed by atoms with Crippen LogP contribution in [0.4, 0.5) is 0 Å². The summed E-state index contributed by atoms with van der Waals surface area (Å²) < 4.78 is 31.1. The minimum atomic E-state index is -3.16. The predicted molar refractivity (Wildman–Crippen MR) is 63.6 cm³/mol. The van der Waals surface area contributed by atoms with Gasteiger partial charge in [0.25, 0.3) is 0 Å². The average molecular weight is 250 g/mol. The van der Waals surface area contributed by atoms with E-state index in [2.05, 4.69) is 0 Å². The van der Waals surface area contributed by atoms with Crippen LogP contribution in [0.5, 0.6) is 0 Å². The topological polar surface area (TPSA) is 72.6 Å². The Kier molecular flexibility index (Phi) is 4.73. The van der Waals surface area contributed by atoms with Crippen molar-refractivity contribution in [2.45, 2.75) is 33.0 Å². The second kappa shape index (κ2) is 5.44. The minimum absolute atomic E-state index is 0.0794. The molecule has 0 aromatic rings. The number of nitrogens with two attached hydrogens (primary N) is 1. The lowest BCUT2D eigenvalue weighted by Crippen LogP contribution is -2.52. The van der Waals surface area contributed by atoms with Gasteiger partial charge in [-0.2, -0.15) is 4.31 Å². The monoisotopic (exact) mass is 250 g/mol. The number of nitrogens with zero attached hydrogens (tertiary/aromatic N) is 1. The van der Waals surface area contributed by atoms with Crippen LogP contribution in [-0.4, -0.2) is 50.3 Å². The van der Waals surface area contributed by atoms with E-state index < -0.39 is 10.0 Å². The number of morpholine rings is 1. The average Bonchev–Trinajstić information content (AvgIpc) is 2.14. The fourth-order valence-electron chi connectivity index (χ4n) is 1.89. The molecule has 1 aliphatic heterocycles. The Morgan fingerprint density at radius 2 is 2.06 bits per heavy atom. The highest BCUT2D eigenvalue weighted by molar-refractivity contribution is 7.89. The summed E-state index contributed by atoms with van der Waals surface area (Å²) >= 11 is 0. The number of hydrogen-bond acceptors (Lipinski definition) is 4. The Morgan fingerprint density at radius 1 is 1.44 bits per heavy atom. The summed E-state index contributed by atoms with van der Waals surface area (Å²) in [6, 6.07) is 0. The van der Waals surface area contributed by atoms with Gasteiger partial charge in [-0.3, -0.25) is 0 Å². The van der Waals surface area contributed by atoms with Crippen LogP contribution in [0.1, 0.15) is 20.8 Å². The SMILES string of the molecule is CC(C)CS(=O)(=O)N1CC(C)OC(CN)C1. The predicted octanol–water partition coefficient (Wildman–Crippen LogP) is 0.0202. The molecule has 2 unspecified atom stereocenters. The fraction of sp³-hybridized carbons (Fsp3) is 1.00. The molecule has 0 aromatic heterocycles. The number of sulfonamides is 1. The van der Waals surface area contributed by atoms with Crippen LogP contribution in [0, 0.1) is 5.92 Å².